The standard InChI is InChI=1S/C17H31N3O/c1-6-20(14(3)12-19(4)5)13-16(18)15-10-8-9-11-17(15)21-7-2/h8-11,14,16H,6-7,12-13,18H2,1-5H3. The van der Waals surface area contributed by atoms with E-state index in [-0.39, 0.29) is 6.04 Å². The van der Waals surface area contributed by atoms with Crippen molar-refractivity contribution in [2.75, 3.05) is 40.3 Å². The molecular formula is C17H31N3O. The maximum atomic E-state index is 6.44. The SMILES string of the molecule is CCOc1ccccc1C(N)CN(CC)C(C)CN(C)C. The van der Waals surface area contributed by atoms with Gasteiger partial charge < -0.3 is 15.4 Å². The Labute approximate surface area is 129 Å². The Morgan fingerprint density at radius 2 is 1.81 bits per heavy atom. The average molecular weight is 293 g/mol. The molecule has 1 aromatic carbocycles. The maximum absolute atomic E-state index is 6.44. The molecule has 2 atom stereocenters. The molecule has 0 saturated heterocycles. The minimum Gasteiger partial charge on any atom is -0.494 e. The van der Waals surface area contributed by atoms with Gasteiger partial charge in [0, 0.05) is 30.7 Å². The number of likely N-dealkylation sites (N-methyl/N-ethyl adjacent to an activating group) is 2. The second kappa shape index (κ2) is 9.03. The van der Waals surface area contributed by atoms with Gasteiger partial charge in [0.05, 0.1) is 6.61 Å². The van der Waals surface area contributed by atoms with Gasteiger partial charge in [0.25, 0.3) is 0 Å². The molecule has 0 radical (unpaired) electrons. The smallest absolute Gasteiger partial charge is 0.124 e. The van der Waals surface area contributed by atoms with E-state index in [4.69, 9.17) is 10.5 Å². The van der Waals surface area contributed by atoms with Crippen LogP contribution >= 0.6 is 0 Å². The van der Waals surface area contributed by atoms with Crippen LogP contribution in [0.15, 0.2) is 24.3 Å². The van der Waals surface area contributed by atoms with Gasteiger partial charge in [-0.2, -0.15) is 0 Å². The first-order chi connectivity index (χ1) is 9.99. The van der Waals surface area contributed by atoms with Crippen LogP contribution in [0.2, 0.25) is 0 Å². The van der Waals surface area contributed by atoms with Crippen LogP contribution in [-0.4, -0.2) is 56.2 Å². The molecule has 0 fully saturated rings. The number of para-hydroxylation sites is 1. The normalized spacial score (nSPS) is 14.5. The molecule has 0 aliphatic rings. The Bertz CT molecular complexity index is 409. The van der Waals surface area contributed by atoms with Gasteiger partial charge in [0.15, 0.2) is 0 Å². The molecule has 4 heteroatoms. The lowest BCUT2D eigenvalue weighted by Crippen LogP contribution is -2.43. The van der Waals surface area contributed by atoms with E-state index >= 15 is 0 Å². The summed E-state index contributed by atoms with van der Waals surface area (Å²) in [5.74, 6) is 0.906. The van der Waals surface area contributed by atoms with Crippen molar-refractivity contribution in [1.29, 1.82) is 0 Å². The lowest BCUT2D eigenvalue weighted by atomic mass is 10.1. The Hall–Kier alpha value is -1.10. The summed E-state index contributed by atoms with van der Waals surface area (Å²) in [6.45, 7) is 9.98. The molecule has 120 valence electrons. The molecule has 0 heterocycles. The third-order valence-electron chi connectivity index (χ3n) is 3.71. The number of ether oxygens (including phenoxy) is 1. The number of hydrogen-bond donors (Lipinski definition) is 1. The first-order valence-corrected chi connectivity index (χ1v) is 7.85. The van der Waals surface area contributed by atoms with Gasteiger partial charge in [-0.3, -0.25) is 4.90 Å². The van der Waals surface area contributed by atoms with Crippen LogP contribution in [-0.2, 0) is 0 Å². The zero-order valence-corrected chi connectivity index (χ0v) is 14.2. The zero-order valence-electron chi connectivity index (χ0n) is 14.2. The summed E-state index contributed by atoms with van der Waals surface area (Å²) in [5.41, 5.74) is 7.53. The molecule has 2 N–H and O–H groups in total. The fraction of sp³-hybridized carbons (Fsp3) is 0.647. The van der Waals surface area contributed by atoms with Crippen LogP contribution in [0.1, 0.15) is 32.4 Å². The summed E-state index contributed by atoms with van der Waals surface area (Å²) in [6, 6.07) is 8.54. The van der Waals surface area contributed by atoms with Crippen LogP contribution in [0.25, 0.3) is 0 Å². The molecule has 21 heavy (non-hydrogen) atoms. The van der Waals surface area contributed by atoms with E-state index in [0.717, 1.165) is 30.9 Å². The summed E-state index contributed by atoms with van der Waals surface area (Å²) in [5, 5.41) is 0. The van der Waals surface area contributed by atoms with E-state index in [9.17, 15) is 0 Å². The van der Waals surface area contributed by atoms with Crippen LogP contribution in [0, 0.1) is 0 Å². The fourth-order valence-electron chi connectivity index (χ4n) is 2.69. The lowest BCUT2D eigenvalue weighted by molar-refractivity contribution is 0.171. The zero-order chi connectivity index (χ0) is 15.8. The average Bonchev–Trinajstić information content (AvgIpc) is 2.44. The molecule has 0 saturated carbocycles. The highest BCUT2D eigenvalue weighted by Gasteiger charge is 2.19. The number of hydrogen-bond acceptors (Lipinski definition) is 4. The van der Waals surface area contributed by atoms with Crippen LogP contribution in [0.5, 0.6) is 5.75 Å². The molecule has 0 amide bonds. The minimum atomic E-state index is -0.0303. The number of nitrogens with zero attached hydrogens (tertiary/aromatic N) is 2. The lowest BCUT2D eigenvalue weighted by Gasteiger charge is -2.32. The van der Waals surface area contributed by atoms with Crippen molar-refractivity contribution in [2.45, 2.75) is 32.9 Å². The molecular weight excluding hydrogens is 262 g/mol. The van der Waals surface area contributed by atoms with Crippen molar-refractivity contribution < 1.29 is 4.74 Å². The number of nitrogens with two attached hydrogens (primary N) is 1. The van der Waals surface area contributed by atoms with E-state index in [1.807, 2.05) is 25.1 Å². The second-order valence-electron chi connectivity index (χ2n) is 5.78. The summed E-state index contributed by atoms with van der Waals surface area (Å²) in [7, 11) is 4.21. The van der Waals surface area contributed by atoms with Crippen molar-refractivity contribution in [3.8, 4) is 5.75 Å². The van der Waals surface area contributed by atoms with Gasteiger partial charge in [0.1, 0.15) is 5.75 Å². The summed E-state index contributed by atoms with van der Waals surface area (Å²) in [6.07, 6.45) is 0. The van der Waals surface area contributed by atoms with E-state index in [0.29, 0.717) is 12.6 Å². The highest BCUT2D eigenvalue weighted by Crippen LogP contribution is 2.24. The molecule has 0 spiro atoms. The molecule has 4 nitrogen and oxygen atoms in total. The van der Waals surface area contributed by atoms with E-state index in [1.165, 1.54) is 0 Å². The largest absolute Gasteiger partial charge is 0.494 e. The van der Waals surface area contributed by atoms with Gasteiger partial charge in [0.2, 0.25) is 0 Å². The predicted molar refractivity (Wildman–Crippen MR) is 89.8 cm³/mol. The third kappa shape index (κ3) is 5.65. The van der Waals surface area contributed by atoms with E-state index < -0.39 is 0 Å². The van der Waals surface area contributed by atoms with Crippen molar-refractivity contribution in [1.82, 2.24) is 9.80 Å². The van der Waals surface area contributed by atoms with Crippen LogP contribution < -0.4 is 10.5 Å². The van der Waals surface area contributed by atoms with Crippen molar-refractivity contribution >= 4 is 0 Å². The van der Waals surface area contributed by atoms with Crippen LogP contribution in [0.3, 0.4) is 0 Å². The highest BCUT2D eigenvalue weighted by atomic mass is 16.5. The van der Waals surface area contributed by atoms with Gasteiger partial charge in [-0.05, 0) is 40.6 Å². The van der Waals surface area contributed by atoms with E-state index in [1.54, 1.807) is 0 Å². The molecule has 0 aliphatic carbocycles. The molecule has 0 bridgehead atoms. The van der Waals surface area contributed by atoms with E-state index in [2.05, 4.69) is 43.8 Å². The summed E-state index contributed by atoms with van der Waals surface area (Å²) in [4.78, 5) is 4.64. The molecule has 1 aromatic rings. The van der Waals surface area contributed by atoms with Gasteiger partial charge in [-0.25, -0.2) is 0 Å². The number of benzene rings is 1. The molecule has 0 aromatic heterocycles. The Morgan fingerprint density at radius 1 is 1.14 bits per heavy atom. The predicted octanol–water partition coefficient (Wildman–Crippen LogP) is 2.36. The first-order valence-electron chi connectivity index (χ1n) is 7.85. The Balaban J connectivity index is 2.76. The minimum absolute atomic E-state index is 0.0303. The Morgan fingerprint density at radius 3 is 2.38 bits per heavy atom. The number of rotatable bonds is 9. The molecule has 1 rings (SSSR count). The van der Waals surface area contributed by atoms with Crippen molar-refractivity contribution in [3.05, 3.63) is 29.8 Å². The third-order valence-corrected chi connectivity index (χ3v) is 3.71. The topological polar surface area (TPSA) is 41.7 Å². The second-order valence-corrected chi connectivity index (χ2v) is 5.78. The van der Waals surface area contributed by atoms with Gasteiger partial charge >= 0.3 is 0 Å². The fourth-order valence-corrected chi connectivity index (χ4v) is 2.69. The van der Waals surface area contributed by atoms with Crippen molar-refractivity contribution in [2.24, 2.45) is 5.73 Å². The quantitative estimate of drug-likeness (QED) is 0.759. The highest BCUT2D eigenvalue weighted by molar-refractivity contribution is 5.36. The molecule has 2 unspecified atom stereocenters. The summed E-state index contributed by atoms with van der Waals surface area (Å²) >= 11 is 0. The van der Waals surface area contributed by atoms with Gasteiger partial charge in [-0.15, -0.1) is 0 Å². The first kappa shape index (κ1) is 18.0. The monoisotopic (exact) mass is 293 g/mol. The Kier molecular flexibility index (Phi) is 7.72. The molecule has 0 aliphatic heterocycles. The van der Waals surface area contributed by atoms with Crippen LogP contribution in [0.4, 0.5) is 0 Å². The van der Waals surface area contributed by atoms with Crippen molar-refractivity contribution in [3.63, 3.8) is 0 Å². The summed E-state index contributed by atoms with van der Waals surface area (Å²) < 4.78 is 5.69. The maximum Gasteiger partial charge on any atom is 0.124 e. The van der Waals surface area contributed by atoms with Gasteiger partial charge in [-0.1, -0.05) is 25.1 Å².